The summed E-state index contributed by atoms with van der Waals surface area (Å²) in [6.45, 7) is 8.99. The van der Waals surface area contributed by atoms with Crippen molar-refractivity contribution in [1.29, 1.82) is 0 Å². The quantitative estimate of drug-likeness (QED) is 0.593. The molecule has 0 fully saturated rings. The van der Waals surface area contributed by atoms with Crippen molar-refractivity contribution in [3.8, 4) is 0 Å². The van der Waals surface area contributed by atoms with Gasteiger partial charge in [-0.1, -0.05) is 20.8 Å². The van der Waals surface area contributed by atoms with Crippen molar-refractivity contribution in [2.75, 3.05) is 39.3 Å². The maximum absolute atomic E-state index is 10.8. The van der Waals surface area contributed by atoms with E-state index in [0.29, 0.717) is 6.54 Å². The van der Waals surface area contributed by atoms with Gasteiger partial charge in [-0.2, -0.15) is 0 Å². The van der Waals surface area contributed by atoms with E-state index < -0.39 is 17.9 Å². The third-order valence-electron chi connectivity index (χ3n) is 2.94. The zero-order valence-electron chi connectivity index (χ0n) is 11.4. The van der Waals surface area contributed by atoms with Crippen molar-refractivity contribution in [2.24, 2.45) is 5.92 Å². The summed E-state index contributed by atoms with van der Waals surface area (Å²) in [7, 11) is 0. The van der Waals surface area contributed by atoms with E-state index >= 15 is 0 Å². The van der Waals surface area contributed by atoms with Crippen molar-refractivity contribution in [2.45, 2.75) is 20.8 Å². The fourth-order valence-electron chi connectivity index (χ4n) is 1.71. The van der Waals surface area contributed by atoms with Crippen molar-refractivity contribution < 1.29 is 19.8 Å². The number of carbonyl (C=O) groups is 2. The van der Waals surface area contributed by atoms with Gasteiger partial charge < -0.3 is 15.1 Å². The summed E-state index contributed by atoms with van der Waals surface area (Å²) in [5, 5.41) is 17.7. The summed E-state index contributed by atoms with van der Waals surface area (Å²) in [5.74, 6) is -2.37. The van der Waals surface area contributed by atoms with Crippen LogP contribution in [0.4, 0.5) is 0 Å². The van der Waals surface area contributed by atoms with Crippen LogP contribution in [-0.2, 0) is 9.59 Å². The van der Waals surface area contributed by atoms with Crippen LogP contribution in [0.5, 0.6) is 0 Å². The minimum Gasteiger partial charge on any atom is -0.481 e. The predicted molar refractivity (Wildman–Crippen MR) is 68.7 cm³/mol. The van der Waals surface area contributed by atoms with Crippen LogP contribution < -0.4 is 0 Å². The Morgan fingerprint density at radius 2 is 1.56 bits per heavy atom. The molecule has 0 radical (unpaired) electrons. The maximum atomic E-state index is 10.8. The zero-order chi connectivity index (χ0) is 14.1. The van der Waals surface area contributed by atoms with Gasteiger partial charge in [-0.3, -0.25) is 14.5 Å². The van der Waals surface area contributed by atoms with Gasteiger partial charge in [0.2, 0.25) is 0 Å². The summed E-state index contributed by atoms with van der Waals surface area (Å²) in [4.78, 5) is 25.4. The van der Waals surface area contributed by atoms with Crippen LogP contribution in [0.3, 0.4) is 0 Å². The van der Waals surface area contributed by atoms with Gasteiger partial charge >= 0.3 is 11.9 Å². The second-order valence-corrected chi connectivity index (χ2v) is 4.40. The average molecular weight is 260 g/mol. The molecule has 0 amide bonds. The molecule has 0 heterocycles. The number of hydrogen-bond donors (Lipinski definition) is 2. The van der Waals surface area contributed by atoms with Crippen LogP contribution in [-0.4, -0.2) is 71.2 Å². The smallest absolute Gasteiger partial charge is 0.317 e. The molecule has 106 valence electrons. The lowest BCUT2D eigenvalue weighted by molar-refractivity contribution is -0.144. The number of rotatable bonds is 10. The van der Waals surface area contributed by atoms with Gasteiger partial charge in [0.1, 0.15) is 0 Å². The molecule has 0 saturated carbocycles. The fraction of sp³-hybridized carbons (Fsp3) is 0.833. The Labute approximate surface area is 108 Å². The Bertz CT molecular complexity index is 267. The molecule has 18 heavy (non-hydrogen) atoms. The zero-order valence-corrected chi connectivity index (χ0v) is 11.4. The molecule has 0 aliphatic carbocycles. The number of carboxylic acids is 2. The first kappa shape index (κ1) is 16.9. The summed E-state index contributed by atoms with van der Waals surface area (Å²) >= 11 is 0. The van der Waals surface area contributed by atoms with Gasteiger partial charge in [-0.05, 0) is 13.1 Å². The Morgan fingerprint density at radius 1 is 1.06 bits per heavy atom. The highest BCUT2D eigenvalue weighted by Crippen LogP contribution is 2.01. The molecular formula is C12H24N2O4. The first-order valence-electron chi connectivity index (χ1n) is 6.29. The predicted octanol–water partition coefficient (Wildman–Crippen LogP) is 0.436. The first-order chi connectivity index (χ1) is 8.40. The van der Waals surface area contributed by atoms with Gasteiger partial charge in [0, 0.05) is 19.6 Å². The van der Waals surface area contributed by atoms with Crippen molar-refractivity contribution in [3.05, 3.63) is 0 Å². The van der Waals surface area contributed by atoms with Crippen molar-refractivity contribution in [3.63, 3.8) is 0 Å². The Hall–Kier alpha value is -1.14. The van der Waals surface area contributed by atoms with Crippen LogP contribution in [0, 0.1) is 5.92 Å². The fourth-order valence-corrected chi connectivity index (χ4v) is 1.71. The third kappa shape index (κ3) is 7.24. The van der Waals surface area contributed by atoms with E-state index in [-0.39, 0.29) is 13.1 Å². The van der Waals surface area contributed by atoms with Crippen molar-refractivity contribution >= 4 is 11.9 Å². The number of aliphatic carboxylic acids is 2. The molecule has 0 rings (SSSR count). The molecule has 0 aromatic heterocycles. The molecule has 0 aromatic carbocycles. The molecule has 0 bridgehead atoms. The number of hydrogen-bond acceptors (Lipinski definition) is 4. The Morgan fingerprint density at radius 3 is 1.94 bits per heavy atom. The monoisotopic (exact) mass is 260 g/mol. The lowest BCUT2D eigenvalue weighted by Crippen LogP contribution is -2.41. The highest BCUT2D eigenvalue weighted by Gasteiger charge is 2.18. The molecule has 0 spiro atoms. The molecule has 6 nitrogen and oxygen atoms in total. The second-order valence-electron chi connectivity index (χ2n) is 4.40. The first-order valence-corrected chi connectivity index (χ1v) is 6.29. The molecule has 0 aliphatic rings. The highest BCUT2D eigenvalue weighted by atomic mass is 16.4. The lowest BCUT2D eigenvalue weighted by Gasteiger charge is -2.26. The van der Waals surface area contributed by atoms with E-state index in [1.807, 2.05) is 13.8 Å². The second kappa shape index (κ2) is 8.88. The minimum absolute atomic E-state index is 0.112. The van der Waals surface area contributed by atoms with Crippen LogP contribution in [0.2, 0.25) is 0 Å². The molecule has 2 N–H and O–H groups in total. The molecule has 0 saturated heterocycles. The largest absolute Gasteiger partial charge is 0.481 e. The molecule has 0 aliphatic heterocycles. The van der Waals surface area contributed by atoms with Gasteiger partial charge in [0.25, 0.3) is 0 Å². The van der Waals surface area contributed by atoms with E-state index in [9.17, 15) is 9.59 Å². The number of likely N-dealkylation sites (N-methyl/N-ethyl adjacent to an activating group) is 1. The Kier molecular flexibility index (Phi) is 8.32. The van der Waals surface area contributed by atoms with E-state index in [0.717, 1.165) is 19.6 Å². The van der Waals surface area contributed by atoms with Crippen LogP contribution in [0.1, 0.15) is 20.8 Å². The lowest BCUT2D eigenvalue weighted by atomic mass is 10.1. The van der Waals surface area contributed by atoms with E-state index in [2.05, 4.69) is 4.90 Å². The summed E-state index contributed by atoms with van der Waals surface area (Å²) in [6, 6.07) is 0. The summed E-state index contributed by atoms with van der Waals surface area (Å²) in [5.41, 5.74) is 0. The SMILES string of the molecule is CCN(CC)CCN(CC(=O)O)CC(C)C(=O)O. The van der Waals surface area contributed by atoms with Gasteiger partial charge in [0.15, 0.2) is 0 Å². The van der Waals surface area contributed by atoms with Gasteiger partial charge in [0.05, 0.1) is 12.5 Å². The molecule has 1 atom stereocenters. The normalized spacial score (nSPS) is 12.9. The maximum Gasteiger partial charge on any atom is 0.317 e. The minimum atomic E-state index is -0.924. The van der Waals surface area contributed by atoms with Crippen LogP contribution in [0.15, 0.2) is 0 Å². The van der Waals surface area contributed by atoms with Gasteiger partial charge in [-0.25, -0.2) is 0 Å². The van der Waals surface area contributed by atoms with Crippen molar-refractivity contribution in [1.82, 2.24) is 9.80 Å². The number of carboxylic acid groups (broad SMARTS) is 2. The van der Waals surface area contributed by atoms with Crippen LogP contribution in [0.25, 0.3) is 0 Å². The van der Waals surface area contributed by atoms with Gasteiger partial charge in [-0.15, -0.1) is 0 Å². The van der Waals surface area contributed by atoms with E-state index in [1.54, 1.807) is 11.8 Å². The average Bonchev–Trinajstić information content (AvgIpc) is 2.29. The molecular weight excluding hydrogens is 236 g/mol. The topological polar surface area (TPSA) is 81.1 Å². The third-order valence-corrected chi connectivity index (χ3v) is 2.94. The molecule has 6 heteroatoms. The summed E-state index contributed by atoms with van der Waals surface area (Å²) in [6.07, 6.45) is 0. The Balaban J connectivity index is 4.30. The molecule has 0 aromatic rings. The van der Waals surface area contributed by atoms with E-state index in [4.69, 9.17) is 10.2 Å². The molecule has 1 unspecified atom stereocenters. The van der Waals surface area contributed by atoms with E-state index in [1.165, 1.54) is 0 Å². The summed E-state index contributed by atoms with van der Waals surface area (Å²) < 4.78 is 0. The highest BCUT2D eigenvalue weighted by molar-refractivity contribution is 5.71. The standard InChI is InChI=1S/C12H24N2O4/c1-4-13(5-2)6-7-14(9-11(15)16)8-10(3)12(17)18/h10H,4-9H2,1-3H3,(H,15,16)(H,17,18). The number of nitrogens with zero attached hydrogens (tertiary/aromatic N) is 2. The van der Waals surface area contributed by atoms with Crippen LogP contribution >= 0.6 is 0 Å².